The van der Waals surface area contributed by atoms with Gasteiger partial charge in [0.25, 0.3) is 0 Å². The van der Waals surface area contributed by atoms with Crippen LogP contribution in [0, 0.1) is 0 Å². The smallest absolute Gasteiger partial charge is 0.0417 e. The van der Waals surface area contributed by atoms with Crippen molar-refractivity contribution in [1.82, 2.24) is 0 Å². The van der Waals surface area contributed by atoms with Gasteiger partial charge in [-0.05, 0) is 11.5 Å². The van der Waals surface area contributed by atoms with E-state index >= 15 is 0 Å². The monoisotopic (exact) mass is 201 g/mol. The molecule has 0 aliphatic carbocycles. The number of anilines is 1. The van der Waals surface area contributed by atoms with Crippen LogP contribution >= 0.6 is 0 Å². The predicted octanol–water partition coefficient (Wildman–Crippen LogP) is 4.30. The number of hydrogen-bond acceptors (Lipinski definition) is 1. The summed E-state index contributed by atoms with van der Waals surface area (Å²) in [6.07, 6.45) is 1.25. The van der Waals surface area contributed by atoms with E-state index in [1.807, 2.05) is 7.05 Å². The van der Waals surface area contributed by atoms with Crippen LogP contribution in [0.3, 0.4) is 0 Å². The van der Waals surface area contributed by atoms with Crippen molar-refractivity contribution in [3.63, 3.8) is 0 Å². The van der Waals surface area contributed by atoms with Crippen molar-refractivity contribution in [2.24, 2.45) is 0 Å². The number of benzene rings is 2. The summed E-state index contributed by atoms with van der Waals surface area (Å²) in [7, 11) is 1.95. The van der Waals surface area contributed by atoms with Crippen molar-refractivity contribution in [2.75, 3.05) is 12.4 Å². The van der Waals surface area contributed by atoms with Crippen LogP contribution in [0.5, 0.6) is 0 Å². The Morgan fingerprint density at radius 2 is 1.53 bits per heavy atom. The standard InChI is InChI=1S/C11H11N.C3H8/c1-12-11-8-4-6-9-5-2-3-7-10(9)11;1-3-2/h2-8,12H,1H3;3H2,1-2H3. The van der Waals surface area contributed by atoms with Gasteiger partial charge in [0.15, 0.2) is 0 Å². The molecule has 0 saturated heterocycles. The molecule has 0 aromatic heterocycles. The average Bonchev–Trinajstić information content (AvgIpc) is 2.29. The van der Waals surface area contributed by atoms with Crippen molar-refractivity contribution in [2.45, 2.75) is 20.3 Å². The van der Waals surface area contributed by atoms with E-state index in [0.717, 1.165) is 0 Å². The summed E-state index contributed by atoms with van der Waals surface area (Å²) in [5.74, 6) is 0. The zero-order chi connectivity index (χ0) is 11.1. The van der Waals surface area contributed by atoms with Crippen molar-refractivity contribution in [3.05, 3.63) is 42.5 Å². The van der Waals surface area contributed by atoms with E-state index < -0.39 is 0 Å². The molecular formula is C14H19N. The number of hydrogen-bond donors (Lipinski definition) is 1. The molecule has 0 aliphatic rings. The molecule has 2 aromatic rings. The summed E-state index contributed by atoms with van der Waals surface area (Å²) in [5, 5.41) is 5.73. The molecule has 0 atom stereocenters. The minimum Gasteiger partial charge on any atom is -0.388 e. The van der Waals surface area contributed by atoms with Gasteiger partial charge in [-0.2, -0.15) is 0 Å². The quantitative estimate of drug-likeness (QED) is 0.725. The van der Waals surface area contributed by atoms with Gasteiger partial charge < -0.3 is 5.32 Å². The molecule has 0 radical (unpaired) electrons. The highest BCUT2D eigenvalue weighted by Gasteiger charge is 1.95. The highest BCUT2D eigenvalue weighted by atomic mass is 14.8. The summed E-state index contributed by atoms with van der Waals surface area (Å²) in [6.45, 7) is 4.25. The molecule has 0 fully saturated rings. The Bertz CT molecular complexity index is 402. The molecule has 80 valence electrons. The fourth-order valence-corrected chi connectivity index (χ4v) is 1.44. The lowest BCUT2D eigenvalue weighted by atomic mass is 10.1. The van der Waals surface area contributed by atoms with Crippen LogP contribution in [0.2, 0.25) is 0 Å². The third-order valence-corrected chi connectivity index (χ3v) is 2.06. The van der Waals surface area contributed by atoms with Crippen LogP contribution in [0.1, 0.15) is 20.3 Å². The van der Waals surface area contributed by atoms with Crippen LogP contribution < -0.4 is 5.32 Å². The molecule has 0 heterocycles. The molecule has 2 rings (SSSR count). The lowest BCUT2D eigenvalue weighted by Crippen LogP contribution is -1.88. The van der Waals surface area contributed by atoms with Gasteiger partial charge in [-0.25, -0.2) is 0 Å². The maximum atomic E-state index is 3.17. The van der Waals surface area contributed by atoms with Crippen molar-refractivity contribution in [3.8, 4) is 0 Å². The van der Waals surface area contributed by atoms with E-state index in [1.165, 1.54) is 22.9 Å². The molecule has 0 unspecified atom stereocenters. The van der Waals surface area contributed by atoms with E-state index in [2.05, 4.69) is 61.6 Å². The number of fused-ring (bicyclic) bond motifs is 1. The molecule has 0 spiro atoms. The van der Waals surface area contributed by atoms with E-state index in [-0.39, 0.29) is 0 Å². The summed E-state index contributed by atoms with van der Waals surface area (Å²) in [4.78, 5) is 0. The Hall–Kier alpha value is -1.50. The fourth-order valence-electron chi connectivity index (χ4n) is 1.44. The van der Waals surface area contributed by atoms with Crippen molar-refractivity contribution < 1.29 is 0 Å². The minimum atomic E-state index is 1.19. The second kappa shape index (κ2) is 6.07. The second-order valence-corrected chi connectivity index (χ2v) is 3.48. The Kier molecular flexibility index (Phi) is 4.69. The van der Waals surface area contributed by atoms with E-state index in [4.69, 9.17) is 0 Å². The van der Waals surface area contributed by atoms with Crippen molar-refractivity contribution >= 4 is 16.5 Å². The van der Waals surface area contributed by atoms with Gasteiger partial charge in [0.1, 0.15) is 0 Å². The fraction of sp³-hybridized carbons (Fsp3) is 0.286. The Balaban J connectivity index is 0.000000337. The van der Waals surface area contributed by atoms with Gasteiger partial charge >= 0.3 is 0 Å². The van der Waals surface area contributed by atoms with Gasteiger partial charge in [-0.1, -0.05) is 56.7 Å². The Labute approximate surface area is 92.1 Å². The molecule has 0 saturated carbocycles. The first-order chi connectivity index (χ1) is 7.33. The molecule has 2 aromatic carbocycles. The van der Waals surface area contributed by atoms with E-state index in [0.29, 0.717) is 0 Å². The largest absolute Gasteiger partial charge is 0.388 e. The first-order valence-corrected chi connectivity index (χ1v) is 5.49. The van der Waals surface area contributed by atoms with Gasteiger partial charge in [0, 0.05) is 18.1 Å². The maximum absolute atomic E-state index is 3.17. The van der Waals surface area contributed by atoms with Crippen LogP contribution in [-0.2, 0) is 0 Å². The Morgan fingerprint density at radius 3 is 2.20 bits per heavy atom. The van der Waals surface area contributed by atoms with Crippen LogP contribution in [0.25, 0.3) is 10.8 Å². The number of rotatable bonds is 1. The zero-order valence-corrected chi connectivity index (χ0v) is 9.75. The summed E-state index contributed by atoms with van der Waals surface area (Å²) in [5.41, 5.74) is 1.19. The Morgan fingerprint density at radius 1 is 0.933 bits per heavy atom. The molecule has 1 N–H and O–H groups in total. The number of nitrogens with one attached hydrogen (secondary N) is 1. The lowest BCUT2D eigenvalue weighted by molar-refractivity contribution is 1.09. The van der Waals surface area contributed by atoms with Gasteiger partial charge in [0.2, 0.25) is 0 Å². The maximum Gasteiger partial charge on any atom is 0.0417 e. The molecule has 15 heavy (non-hydrogen) atoms. The molecule has 0 amide bonds. The second-order valence-electron chi connectivity index (χ2n) is 3.48. The summed E-state index contributed by atoms with van der Waals surface area (Å²) >= 11 is 0. The normalized spacial score (nSPS) is 9.27. The average molecular weight is 201 g/mol. The summed E-state index contributed by atoms with van der Waals surface area (Å²) < 4.78 is 0. The third kappa shape index (κ3) is 2.98. The summed E-state index contributed by atoms with van der Waals surface area (Å²) in [6, 6.07) is 14.6. The predicted molar refractivity (Wildman–Crippen MR) is 69.5 cm³/mol. The molecule has 0 aliphatic heterocycles. The first kappa shape index (κ1) is 11.6. The van der Waals surface area contributed by atoms with E-state index in [9.17, 15) is 0 Å². The molecule has 1 heteroatoms. The topological polar surface area (TPSA) is 12.0 Å². The van der Waals surface area contributed by atoms with Gasteiger partial charge in [-0.3, -0.25) is 0 Å². The SMILES string of the molecule is CCC.CNc1cccc2ccccc12. The van der Waals surface area contributed by atoms with Crippen molar-refractivity contribution in [1.29, 1.82) is 0 Å². The van der Waals surface area contributed by atoms with Gasteiger partial charge in [-0.15, -0.1) is 0 Å². The lowest BCUT2D eigenvalue weighted by Gasteiger charge is -2.04. The first-order valence-electron chi connectivity index (χ1n) is 5.49. The highest BCUT2D eigenvalue weighted by molar-refractivity contribution is 5.93. The molecule has 1 nitrogen and oxygen atoms in total. The third-order valence-electron chi connectivity index (χ3n) is 2.06. The highest BCUT2D eigenvalue weighted by Crippen LogP contribution is 2.21. The minimum absolute atomic E-state index is 1.19. The van der Waals surface area contributed by atoms with Gasteiger partial charge in [0.05, 0.1) is 0 Å². The van der Waals surface area contributed by atoms with E-state index in [1.54, 1.807) is 0 Å². The van der Waals surface area contributed by atoms with Crippen LogP contribution in [0.4, 0.5) is 5.69 Å². The zero-order valence-electron chi connectivity index (χ0n) is 9.75. The molecular weight excluding hydrogens is 182 g/mol. The van der Waals surface area contributed by atoms with Crippen LogP contribution in [-0.4, -0.2) is 7.05 Å². The van der Waals surface area contributed by atoms with Crippen LogP contribution in [0.15, 0.2) is 42.5 Å². The molecule has 0 bridgehead atoms.